The van der Waals surface area contributed by atoms with Gasteiger partial charge in [-0.25, -0.2) is 0 Å². The smallest absolute Gasteiger partial charge is 0.269 e. The Hall–Kier alpha value is -3.76. The summed E-state index contributed by atoms with van der Waals surface area (Å²) in [5, 5.41) is 40.1. The predicted molar refractivity (Wildman–Crippen MR) is 107 cm³/mol. The van der Waals surface area contributed by atoms with Crippen LogP contribution in [-0.2, 0) is 0 Å². The van der Waals surface area contributed by atoms with E-state index in [2.05, 4.69) is 15.5 Å². The second-order valence-electron chi connectivity index (χ2n) is 6.45. The summed E-state index contributed by atoms with van der Waals surface area (Å²) in [5.41, 5.74) is 1.60. The molecule has 2 unspecified atom stereocenters. The topological polar surface area (TPSA) is 151 Å². The van der Waals surface area contributed by atoms with E-state index in [1.165, 1.54) is 30.3 Å². The molecular formula is C20H20N4O6. The maximum atomic E-state index is 12.5. The van der Waals surface area contributed by atoms with Gasteiger partial charge in [0.05, 0.1) is 30.4 Å². The molecule has 0 aliphatic carbocycles. The zero-order valence-corrected chi connectivity index (χ0v) is 16.0. The number of carbonyl (C=O) groups excluding carboxylic acids is 1. The molecule has 1 amide bonds. The van der Waals surface area contributed by atoms with Gasteiger partial charge < -0.3 is 20.3 Å². The van der Waals surface area contributed by atoms with E-state index in [9.17, 15) is 25.1 Å². The van der Waals surface area contributed by atoms with Crippen LogP contribution in [0.5, 0.6) is 5.75 Å². The maximum absolute atomic E-state index is 12.5. The summed E-state index contributed by atoms with van der Waals surface area (Å²) in [5.74, 6) is 0.0738. The number of nitrogens with one attached hydrogen (secondary N) is 2. The monoisotopic (exact) mass is 412 g/mol. The number of aromatic nitrogens is 2. The van der Waals surface area contributed by atoms with Gasteiger partial charge in [-0.3, -0.25) is 20.0 Å². The Balaban J connectivity index is 1.72. The molecule has 2 aromatic carbocycles. The Kier molecular flexibility index (Phi) is 6.40. The van der Waals surface area contributed by atoms with Crippen molar-refractivity contribution in [3.63, 3.8) is 0 Å². The number of nitrogens with zero attached hydrogens (tertiary/aromatic N) is 2. The molecule has 30 heavy (non-hydrogen) atoms. The number of aliphatic hydroxyl groups excluding tert-OH is 2. The summed E-state index contributed by atoms with van der Waals surface area (Å²) in [6.07, 6.45) is -1.26. The first kappa shape index (κ1) is 21.0. The minimum absolute atomic E-state index is 0.127. The molecule has 1 aromatic heterocycles. The first-order valence-electron chi connectivity index (χ1n) is 8.97. The normalized spacial score (nSPS) is 12.8. The molecule has 156 valence electrons. The highest BCUT2D eigenvalue weighted by atomic mass is 16.6. The van der Waals surface area contributed by atoms with Crippen molar-refractivity contribution in [3.8, 4) is 17.0 Å². The van der Waals surface area contributed by atoms with Crippen LogP contribution in [0, 0.1) is 10.1 Å². The van der Waals surface area contributed by atoms with E-state index in [4.69, 9.17) is 4.74 Å². The number of carbonyl (C=O) groups is 1. The fourth-order valence-electron chi connectivity index (χ4n) is 2.86. The maximum Gasteiger partial charge on any atom is 0.269 e. The van der Waals surface area contributed by atoms with Crippen LogP contribution in [0.1, 0.15) is 22.2 Å². The van der Waals surface area contributed by atoms with E-state index in [0.29, 0.717) is 17.0 Å². The van der Waals surface area contributed by atoms with Gasteiger partial charge in [-0.2, -0.15) is 5.10 Å². The fraction of sp³-hybridized carbons (Fsp3) is 0.200. The minimum Gasteiger partial charge on any atom is -0.497 e. The average molecular weight is 412 g/mol. The van der Waals surface area contributed by atoms with E-state index in [1.807, 2.05) is 6.07 Å². The lowest BCUT2D eigenvalue weighted by molar-refractivity contribution is -0.384. The Morgan fingerprint density at radius 2 is 2.00 bits per heavy atom. The van der Waals surface area contributed by atoms with Gasteiger partial charge >= 0.3 is 0 Å². The molecule has 3 aromatic rings. The van der Waals surface area contributed by atoms with Crippen LogP contribution in [-0.4, -0.2) is 51.0 Å². The number of aliphatic hydroxyl groups is 2. The molecule has 0 spiro atoms. The molecule has 10 heteroatoms. The third kappa shape index (κ3) is 4.62. The van der Waals surface area contributed by atoms with Crippen molar-refractivity contribution >= 4 is 11.6 Å². The SMILES string of the molecule is COc1cccc(-c2cc(C(=O)NC(CO)C(O)c3ccc([N+](=O)[O-])cc3)[nH]n2)c1. The third-order valence-electron chi connectivity index (χ3n) is 4.53. The molecule has 2 atom stereocenters. The quantitative estimate of drug-likeness (QED) is 0.325. The van der Waals surface area contributed by atoms with E-state index in [-0.39, 0.29) is 11.4 Å². The Morgan fingerprint density at radius 3 is 2.63 bits per heavy atom. The van der Waals surface area contributed by atoms with Crippen LogP contribution in [0.2, 0.25) is 0 Å². The number of rotatable bonds is 8. The molecule has 0 aliphatic heterocycles. The standard InChI is InChI=1S/C20H20N4O6/c1-30-15-4-2-3-13(9-15)16-10-17(23-22-16)20(27)21-18(11-25)19(26)12-5-7-14(8-6-12)24(28)29/h2-10,18-19,25-26H,11H2,1H3,(H,21,27)(H,22,23). The number of amides is 1. The van der Waals surface area contributed by atoms with Gasteiger partial charge in [0.2, 0.25) is 0 Å². The summed E-state index contributed by atoms with van der Waals surface area (Å²) < 4.78 is 5.18. The number of hydrogen-bond acceptors (Lipinski definition) is 7. The summed E-state index contributed by atoms with van der Waals surface area (Å²) in [6, 6.07) is 12.9. The molecule has 4 N–H and O–H groups in total. The zero-order valence-electron chi connectivity index (χ0n) is 16.0. The lowest BCUT2D eigenvalue weighted by atomic mass is 10.0. The van der Waals surface area contributed by atoms with Crippen molar-refractivity contribution in [1.29, 1.82) is 0 Å². The van der Waals surface area contributed by atoms with Crippen molar-refractivity contribution in [3.05, 3.63) is 76.0 Å². The lowest BCUT2D eigenvalue weighted by Gasteiger charge is -2.22. The van der Waals surface area contributed by atoms with Crippen LogP contribution >= 0.6 is 0 Å². The van der Waals surface area contributed by atoms with Crippen molar-refractivity contribution in [2.75, 3.05) is 13.7 Å². The van der Waals surface area contributed by atoms with Crippen molar-refractivity contribution in [2.45, 2.75) is 12.1 Å². The molecule has 10 nitrogen and oxygen atoms in total. The Morgan fingerprint density at radius 1 is 1.27 bits per heavy atom. The molecule has 0 radical (unpaired) electrons. The largest absolute Gasteiger partial charge is 0.497 e. The van der Waals surface area contributed by atoms with Crippen LogP contribution in [0.25, 0.3) is 11.3 Å². The second kappa shape index (κ2) is 9.16. The molecular weight excluding hydrogens is 392 g/mol. The van der Waals surface area contributed by atoms with E-state index in [1.54, 1.807) is 25.3 Å². The Bertz CT molecular complexity index is 1030. The number of nitro benzene ring substituents is 1. The van der Waals surface area contributed by atoms with Crippen molar-refractivity contribution < 1.29 is 24.7 Å². The molecule has 0 saturated heterocycles. The summed E-state index contributed by atoms with van der Waals surface area (Å²) >= 11 is 0. The number of aromatic amines is 1. The number of ether oxygens (including phenoxy) is 1. The van der Waals surface area contributed by atoms with Gasteiger partial charge in [0.25, 0.3) is 11.6 Å². The van der Waals surface area contributed by atoms with Gasteiger partial charge in [-0.1, -0.05) is 12.1 Å². The van der Waals surface area contributed by atoms with Gasteiger partial charge in [0.15, 0.2) is 0 Å². The molecule has 0 fully saturated rings. The van der Waals surface area contributed by atoms with Gasteiger partial charge in [-0.05, 0) is 35.9 Å². The van der Waals surface area contributed by atoms with Crippen molar-refractivity contribution in [2.24, 2.45) is 0 Å². The molecule has 0 bridgehead atoms. The third-order valence-corrected chi connectivity index (χ3v) is 4.53. The number of methoxy groups -OCH3 is 1. The molecule has 3 rings (SSSR count). The van der Waals surface area contributed by atoms with Crippen LogP contribution < -0.4 is 10.1 Å². The second-order valence-corrected chi connectivity index (χ2v) is 6.45. The first-order valence-corrected chi connectivity index (χ1v) is 8.97. The van der Waals surface area contributed by atoms with E-state index in [0.717, 1.165) is 5.56 Å². The number of benzene rings is 2. The number of H-pyrrole nitrogens is 1. The highest BCUT2D eigenvalue weighted by Crippen LogP contribution is 2.23. The number of nitro groups is 1. The minimum atomic E-state index is -1.26. The van der Waals surface area contributed by atoms with Crippen molar-refractivity contribution in [1.82, 2.24) is 15.5 Å². The lowest BCUT2D eigenvalue weighted by Crippen LogP contribution is -2.42. The molecule has 0 aliphatic rings. The van der Waals surface area contributed by atoms with Gasteiger partial charge in [-0.15, -0.1) is 0 Å². The molecule has 1 heterocycles. The van der Waals surface area contributed by atoms with E-state index >= 15 is 0 Å². The summed E-state index contributed by atoms with van der Waals surface area (Å²) in [7, 11) is 1.55. The number of non-ortho nitro benzene ring substituents is 1. The van der Waals surface area contributed by atoms with Crippen LogP contribution in [0.4, 0.5) is 5.69 Å². The van der Waals surface area contributed by atoms with Crippen LogP contribution in [0.15, 0.2) is 54.6 Å². The number of hydrogen-bond donors (Lipinski definition) is 4. The Labute approximate surface area is 171 Å². The van der Waals surface area contributed by atoms with Crippen LogP contribution in [0.3, 0.4) is 0 Å². The zero-order chi connectivity index (χ0) is 21.7. The highest BCUT2D eigenvalue weighted by molar-refractivity contribution is 5.93. The summed E-state index contributed by atoms with van der Waals surface area (Å²) in [6.45, 7) is -0.541. The summed E-state index contributed by atoms with van der Waals surface area (Å²) in [4.78, 5) is 22.7. The van der Waals surface area contributed by atoms with Gasteiger partial charge in [0, 0.05) is 17.7 Å². The van der Waals surface area contributed by atoms with Gasteiger partial charge in [0.1, 0.15) is 17.5 Å². The first-order chi connectivity index (χ1) is 14.4. The average Bonchev–Trinajstić information content (AvgIpc) is 3.27. The molecule has 0 saturated carbocycles. The van der Waals surface area contributed by atoms with E-state index < -0.39 is 29.6 Å². The predicted octanol–water partition coefficient (Wildman–Crippen LogP) is 1.82. The fourth-order valence-corrected chi connectivity index (χ4v) is 2.86. The highest BCUT2D eigenvalue weighted by Gasteiger charge is 2.24.